The van der Waals surface area contributed by atoms with E-state index in [2.05, 4.69) is 0 Å². The third-order valence-corrected chi connectivity index (χ3v) is 2.25. The number of thioether (sulfide) groups is 1. The van der Waals surface area contributed by atoms with Crippen molar-refractivity contribution < 1.29 is 4.79 Å². The molecule has 0 saturated carbocycles. The van der Waals surface area contributed by atoms with Gasteiger partial charge in [-0.1, -0.05) is 49.0 Å². The zero-order valence-electron chi connectivity index (χ0n) is 7.12. The fourth-order valence-electron chi connectivity index (χ4n) is 0.975. The van der Waals surface area contributed by atoms with E-state index in [0.717, 1.165) is 11.3 Å². The first-order valence-electron chi connectivity index (χ1n) is 4.02. The summed E-state index contributed by atoms with van der Waals surface area (Å²) < 4.78 is 0. The van der Waals surface area contributed by atoms with Crippen LogP contribution in [0.4, 0.5) is 0 Å². The Morgan fingerprint density at radius 2 is 2.00 bits per heavy atom. The number of hydrogen-bond donors (Lipinski definition) is 0. The second-order valence-electron chi connectivity index (χ2n) is 2.47. The molecule has 0 amide bonds. The first kappa shape index (κ1) is 9.33. The smallest absolute Gasteiger partial charge is 0.193 e. The Bertz CT molecular complexity index is 243. The van der Waals surface area contributed by atoms with Crippen LogP contribution in [0.25, 0.3) is 0 Å². The molecular formula is C10H12OS. The van der Waals surface area contributed by atoms with Gasteiger partial charge in [0.15, 0.2) is 5.12 Å². The Morgan fingerprint density at radius 3 is 2.58 bits per heavy atom. The van der Waals surface area contributed by atoms with Crippen molar-refractivity contribution in [3.05, 3.63) is 35.9 Å². The second-order valence-corrected chi connectivity index (χ2v) is 3.79. The van der Waals surface area contributed by atoms with Crippen molar-refractivity contribution in [3.8, 4) is 0 Å². The molecule has 0 bridgehead atoms. The Balaban J connectivity index is 2.47. The molecule has 0 aromatic heterocycles. The van der Waals surface area contributed by atoms with Gasteiger partial charge in [-0.2, -0.15) is 0 Å². The molecule has 0 fully saturated rings. The largest absolute Gasteiger partial charge is 0.287 e. The number of rotatable bonds is 3. The lowest BCUT2D eigenvalue weighted by molar-refractivity contribution is -0.110. The summed E-state index contributed by atoms with van der Waals surface area (Å²) in [6.07, 6.45) is 0.555. The highest BCUT2D eigenvalue weighted by atomic mass is 32.2. The molecule has 0 atom stereocenters. The third-order valence-electron chi connectivity index (χ3n) is 1.50. The van der Waals surface area contributed by atoms with Crippen molar-refractivity contribution in [2.75, 3.05) is 5.75 Å². The highest BCUT2D eigenvalue weighted by molar-refractivity contribution is 8.13. The van der Waals surface area contributed by atoms with Gasteiger partial charge in [0.25, 0.3) is 0 Å². The quantitative estimate of drug-likeness (QED) is 0.711. The Morgan fingerprint density at radius 1 is 1.33 bits per heavy atom. The normalized spacial score (nSPS) is 9.75. The molecule has 1 aromatic carbocycles. The van der Waals surface area contributed by atoms with Crippen LogP contribution >= 0.6 is 11.8 Å². The van der Waals surface area contributed by atoms with E-state index in [9.17, 15) is 4.79 Å². The molecule has 0 aliphatic heterocycles. The minimum atomic E-state index is 0.253. The maximum atomic E-state index is 11.2. The Hall–Kier alpha value is -0.760. The molecule has 0 N–H and O–H groups in total. The predicted octanol–water partition coefficient (Wildman–Crippen LogP) is 2.51. The van der Waals surface area contributed by atoms with E-state index in [0.29, 0.717) is 6.42 Å². The van der Waals surface area contributed by atoms with Crippen LogP contribution in [0.3, 0.4) is 0 Å². The fraction of sp³-hybridized carbons (Fsp3) is 0.300. The zero-order chi connectivity index (χ0) is 8.81. The van der Waals surface area contributed by atoms with Crippen molar-refractivity contribution >= 4 is 16.9 Å². The summed E-state index contributed by atoms with van der Waals surface area (Å²) in [7, 11) is 0. The molecule has 64 valence electrons. The average molecular weight is 180 g/mol. The standard InChI is InChI=1S/C10H12OS/c1-2-12-10(11)8-9-6-4-3-5-7-9/h3-7H,2,8H2,1H3. The van der Waals surface area contributed by atoms with Crippen molar-refractivity contribution in [1.82, 2.24) is 0 Å². The molecule has 1 rings (SSSR count). The van der Waals surface area contributed by atoms with Gasteiger partial charge in [-0.15, -0.1) is 0 Å². The van der Waals surface area contributed by atoms with Gasteiger partial charge < -0.3 is 0 Å². The van der Waals surface area contributed by atoms with E-state index >= 15 is 0 Å². The van der Waals surface area contributed by atoms with Gasteiger partial charge in [0.05, 0.1) is 0 Å². The molecule has 12 heavy (non-hydrogen) atoms. The van der Waals surface area contributed by atoms with Gasteiger partial charge in [-0.3, -0.25) is 4.79 Å². The Kier molecular flexibility index (Phi) is 3.88. The van der Waals surface area contributed by atoms with Gasteiger partial charge in [0, 0.05) is 6.42 Å². The van der Waals surface area contributed by atoms with Crippen LogP contribution in [-0.4, -0.2) is 10.9 Å². The predicted molar refractivity (Wildman–Crippen MR) is 53.3 cm³/mol. The summed E-state index contributed by atoms with van der Waals surface area (Å²) in [5.41, 5.74) is 1.10. The third kappa shape index (κ3) is 3.09. The molecule has 0 aliphatic carbocycles. The molecule has 0 aliphatic rings. The first-order valence-corrected chi connectivity index (χ1v) is 5.01. The SMILES string of the molecule is CCSC(=O)Cc1ccccc1. The number of hydrogen-bond acceptors (Lipinski definition) is 2. The summed E-state index contributed by atoms with van der Waals surface area (Å²) in [5, 5.41) is 0.253. The maximum absolute atomic E-state index is 11.2. The van der Waals surface area contributed by atoms with E-state index in [1.54, 1.807) is 0 Å². The topological polar surface area (TPSA) is 17.1 Å². The molecule has 1 nitrogen and oxygen atoms in total. The maximum Gasteiger partial charge on any atom is 0.193 e. The van der Waals surface area contributed by atoms with Gasteiger partial charge in [0.2, 0.25) is 0 Å². The van der Waals surface area contributed by atoms with Crippen molar-refractivity contribution in [1.29, 1.82) is 0 Å². The monoisotopic (exact) mass is 180 g/mol. The number of carbonyl (C=O) groups is 1. The summed E-state index contributed by atoms with van der Waals surface area (Å²) in [4.78, 5) is 11.2. The van der Waals surface area contributed by atoms with E-state index < -0.39 is 0 Å². The van der Waals surface area contributed by atoms with Gasteiger partial charge in [0.1, 0.15) is 0 Å². The van der Waals surface area contributed by atoms with Crippen LogP contribution in [0, 0.1) is 0 Å². The number of benzene rings is 1. The lowest BCUT2D eigenvalue weighted by Gasteiger charge is -1.97. The molecule has 0 unspecified atom stereocenters. The van der Waals surface area contributed by atoms with Crippen LogP contribution in [-0.2, 0) is 11.2 Å². The lowest BCUT2D eigenvalue weighted by Crippen LogP contribution is -1.97. The molecule has 0 saturated heterocycles. The molecular weight excluding hydrogens is 168 g/mol. The van der Waals surface area contributed by atoms with Gasteiger partial charge >= 0.3 is 0 Å². The van der Waals surface area contributed by atoms with Crippen molar-refractivity contribution in [2.45, 2.75) is 13.3 Å². The highest BCUT2D eigenvalue weighted by Crippen LogP contribution is 2.07. The molecule has 0 spiro atoms. The summed E-state index contributed by atoms with van der Waals surface area (Å²) in [5.74, 6) is 0.867. The van der Waals surface area contributed by atoms with Gasteiger partial charge in [-0.05, 0) is 11.3 Å². The Labute approximate surface area is 77.2 Å². The fourth-order valence-corrected chi connectivity index (χ4v) is 1.57. The minimum Gasteiger partial charge on any atom is -0.287 e. The number of carbonyl (C=O) groups excluding carboxylic acids is 1. The van der Waals surface area contributed by atoms with Crippen LogP contribution < -0.4 is 0 Å². The molecule has 1 aromatic rings. The molecule has 2 heteroatoms. The zero-order valence-corrected chi connectivity index (χ0v) is 7.93. The van der Waals surface area contributed by atoms with Crippen molar-refractivity contribution in [3.63, 3.8) is 0 Å². The highest BCUT2D eigenvalue weighted by Gasteiger charge is 2.01. The van der Waals surface area contributed by atoms with E-state index in [4.69, 9.17) is 0 Å². The van der Waals surface area contributed by atoms with Crippen LogP contribution in [0.15, 0.2) is 30.3 Å². The summed E-state index contributed by atoms with van der Waals surface area (Å²) in [6.45, 7) is 1.99. The second kappa shape index (κ2) is 4.99. The molecule has 0 heterocycles. The van der Waals surface area contributed by atoms with Gasteiger partial charge in [-0.25, -0.2) is 0 Å². The van der Waals surface area contributed by atoms with E-state index in [-0.39, 0.29) is 5.12 Å². The molecule has 0 radical (unpaired) electrons. The van der Waals surface area contributed by atoms with Crippen LogP contribution in [0.2, 0.25) is 0 Å². The first-order chi connectivity index (χ1) is 5.83. The summed E-state index contributed by atoms with van der Waals surface area (Å²) >= 11 is 1.39. The summed E-state index contributed by atoms with van der Waals surface area (Å²) in [6, 6.07) is 9.83. The van der Waals surface area contributed by atoms with Crippen LogP contribution in [0.1, 0.15) is 12.5 Å². The minimum absolute atomic E-state index is 0.253. The average Bonchev–Trinajstić information content (AvgIpc) is 2.06. The van der Waals surface area contributed by atoms with E-state index in [1.165, 1.54) is 11.8 Å². The van der Waals surface area contributed by atoms with Crippen molar-refractivity contribution in [2.24, 2.45) is 0 Å². The van der Waals surface area contributed by atoms with E-state index in [1.807, 2.05) is 37.3 Å². The lowest BCUT2D eigenvalue weighted by atomic mass is 10.2. The van der Waals surface area contributed by atoms with Crippen LogP contribution in [0.5, 0.6) is 0 Å².